The van der Waals surface area contributed by atoms with Gasteiger partial charge in [0.25, 0.3) is 5.91 Å². The molecule has 204 valence electrons. The quantitative estimate of drug-likeness (QED) is 0.284. The summed E-state index contributed by atoms with van der Waals surface area (Å²) in [5.74, 6) is 0.200. The van der Waals surface area contributed by atoms with Crippen LogP contribution >= 0.6 is 23.2 Å². The van der Waals surface area contributed by atoms with Crippen molar-refractivity contribution in [1.82, 2.24) is 45.3 Å². The molecule has 0 radical (unpaired) electrons. The molecule has 7 rings (SSSR count). The number of hydrogen-bond acceptors (Lipinski definition) is 6. The van der Waals surface area contributed by atoms with Crippen LogP contribution in [0.25, 0.3) is 28.0 Å². The van der Waals surface area contributed by atoms with Gasteiger partial charge in [-0.2, -0.15) is 5.21 Å². The van der Waals surface area contributed by atoms with E-state index in [-0.39, 0.29) is 21.5 Å². The summed E-state index contributed by atoms with van der Waals surface area (Å²) in [6.07, 6.45) is 4.38. The van der Waals surface area contributed by atoms with Crippen molar-refractivity contribution in [2.75, 3.05) is 0 Å². The molecule has 1 aliphatic heterocycles. The number of H-pyrrole nitrogens is 1. The highest BCUT2D eigenvalue weighted by atomic mass is 35.5. The van der Waals surface area contributed by atoms with Crippen LogP contribution < -0.4 is 5.32 Å². The maximum Gasteiger partial charge on any atom is 0.255 e. The molecule has 0 spiro atoms. The lowest BCUT2D eigenvalue weighted by Gasteiger charge is -2.40. The minimum atomic E-state index is -0.740. The van der Waals surface area contributed by atoms with Crippen LogP contribution in [0.4, 0.5) is 0 Å². The molecule has 0 saturated heterocycles. The number of benzene rings is 3. The highest BCUT2D eigenvalue weighted by Crippen LogP contribution is 2.42. The van der Waals surface area contributed by atoms with Crippen molar-refractivity contribution >= 4 is 40.0 Å². The third-order valence-electron chi connectivity index (χ3n) is 7.76. The number of nitrogens with zero attached hydrogens (tertiary/aromatic N) is 7. The van der Waals surface area contributed by atoms with Crippen molar-refractivity contribution in [3.8, 4) is 17.1 Å². The fraction of sp³-hybridized carbons (Fsp3) is 0.172. The Kier molecular flexibility index (Phi) is 6.09. The zero-order valence-electron chi connectivity index (χ0n) is 21.8. The molecule has 0 unspecified atom stereocenters. The van der Waals surface area contributed by atoms with E-state index in [4.69, 9.17) is 23.2 Å². The summed E-state index contributed by atoms with van der Waals surface area (Å²) >= 11 is 13.3. The van der Waals surface area contributed by atoms with E-state index < -0.39 is 5.54 Å². The van der Waals surface area contributed by atoms with Gasteiger partial charge in [0.2, 0.25) is 5.82 Å². The molecule has 0 fully saturated rings. The fourth-order valence-electron chi connectivity index (χ4n) is 5.87. The molecule has 3 aromatic carbocycles. The Hall–Kier alpha value is -4.54. The van der Waals surface area contributed by atoms with Gasteiger partial charge in [-0.15, -0.1) is 20.4 Å². The Morgan fingerprint density at radius 3 is 2.49 bits per heavy atom. The van der Waals surface area contributed by atoms with Crippen LogP contribution in [0.15, 0.2) is 73.3 Å². The van der Waals surface area contributed by atoms with Gasteiger partial charge in [0, 0.05) is 16.6 Å². The molecule has 3 aromatic heterocycles. The minimum Gasteiger partial charge on any atom is -0.341 e. The number of aromatic amines is 1. The van der Waals surface area contributed by atoms with E-state index in [1.54, 1.807) is 16.7 Å². The summed E-state index contributed by atoms with van der Waals surface area (Å²) in [7, 11) is 0. The van der Waals surface area contributed by atoms with Crippen molar-refractivity contribution < 1.29 is 4.79 Å². The van der Waals surface area contributed by atoms with Gasteiger partial charge in [0.1, 0.15) is 12.7 Å². The Labute approximate surface area is 244 Å². The summed E-state index contributed by atoms with van der Waals surface area (Å²) in [5.41, 5.74) is 5.35. The molecule has 4 heterocycles. The molecule has 0 saturated carbocycles. The van der Waals surface area contributed by atoms with E-state index in [2.05, 4.69) is 65.8 Å². The summed E-state index contributed by atoms with van der Waals surface area (Å²) in [4.78, 5) is 14.0. The molecule has 41 heavy (non-hydrogen) atoms. The Morgan fingerprint density at radius 1 is 1.02 bits per heavy atom. The van der Waals surface area contributed by atoms with E-state index in [9.17, 15) is 4.79 Å². The maximum atomic E-state index is 14.0. The van der Waals surface area contributed by atoms with E-state index in [1.165, 1.54) is 12.7 Å². The first-order chi connectivity index (χ1) is 19.9. The Bertz CT molecular complexity index is 1880. The monoisotopic (exact) mass is 583 g/mol. The minimum absolute atomic E-state index is 0.215. The van der Waals surface area contributed by atoms with Crippen LogP contribution in [-0.4, -0.2) is 45.9 Å². The number of hydrogen-bond donors (Lipinski definition) is 2. The van der Waals surface area contributed by atoms with E-state index in [0.717, 1.165) is 33.3 Å². The molecule has 2 N–H and O–H groups in total. The zero-order valence-corrected chi connectivity index (χ0v) is 23.4. The summed E-state index contributed by atoms with van der Waals surface area (Å²) in [5, 5.41) is 27.5. The number of rotatable bonds is 5. The Morgan fingerprint density at radius 2 is 1.78 bits per heavy atom. The molecule has 1 atom stereocenters. The van der Waals surface area contributed by atoms with Crippen molar-refractivity contribution in [2.45, 2.75) is 31.8 Å². The molecule has 0 bridgehead atoms. The van der Waals surface area contributed by atoms with Crippen molar-refractivity contribution in [3.63, 3.8) is 0 Å². The molecular formula is C29H23Cl2N9O. The van der Waals surface area contributed by atoms with Crippen LogP contribution in [0.3, 0.4) is 0 Å². The van der Waals surface area contributed by atoms with Gasteiger partial charge >= 0.3 is 0 Å². The molecule has 10 nitrogen and oxygen atoms in total. The summed E-state index contributed by atoms with van der Waals surface area (Å²) < 4.78 is 3.93. The number of aromatic nitrogens is 8. The van der Waals surface area contributed by atoms with E-state index >= 15 is 0 Å². The van der Waals surface area contributed by atoms with Gasteiger partial charge in [-0.25, -0.2) is 0 Å². The fourth-order valence-corrected chi connectivity index (χ4v) is 6.51. The van der Waals surface area contributed by atoms with E-state index in [1.807, 2.05) is 30.3 Å². The number of halogens is 2. The van der Waals surface area contributed by atoms with Gasteiger partial charge in [0.15, 0.2) is 0 Å². The Balaban J connectivity index is 1.33. The first-order valence-electron chi connectivity index (χ1n) is 13.0. The molecule has 12 heteroatoms. The third-order valence-corrected chi connectivity index (χ3v) is 8.36. The number of amides is 1. The number of tetrazole rings is 1. The van der Waals surface area contributed by atoms with Gasteiger partial charge in [0.05, 0.1) is 38.9 Å². The number of aryl methyl sites for hydroxylation is 1. The smallest absolute Gasteiger partial charge is 0.255 e. The molecule has 0 aliphatic carbocycles. The molecule has 1 aliphatic rings. The predicted molar refractivity (Wildman–Crippen MR) is 155 cm³/mol. The normalized spacial score (nSPS) is 16.6. The maximum absolute atomic E-state index is 14.0. The highest BCUT2D eigenvalue weighted by molar-refractivity contribution is 6.40. The van der Waals surface area contributed by atoms with Crippen LogP contribution in [0.5, 0.6) is 0 Å². The van der Waals surface area contributed by atoms with Crippen LogP contribution in [0.1, 0.15) is 33.6 Å². The molecule has 1 amide bonds. The lowest BCUT2D eigenvalue weighted by atomic mass is 9.81. The summed E-state index contributed by atoms with van der Waals surface area (Å²) in [6, 6.07) is 19.7. The average Bonchev–Trinajstić information content (AvgIpc) is 3.74. The van der Waals surface area contributed by atoms with Crippen LogP contribution in [-0.2, 0) is 18.5 Å². The van der Waals surface area contributed by atoms with Crippen LogP contribution in [0, 0.1) is 6.92 Å². The first-order valence-corrected chi connectivity index (χ1v) is 13.8. The SMILES string of the molecule is Cc1ccc2c(c1)c(-c1nn[nH]n1)c1n2C[C@@](NC(=O)c2c(Cl)cc(-n3cnnc3)cc2Cl)(c2ccccc2)CC1. The van der Waals surface area contributed by atoms with Crippen LogP contribution in [0.2, 0.25) is 10.0 Å². The molecule has 6 aromatic rings. The number of nitrogens with one attached hydrogen (secondary N) is 2. The van der Waals surface area contributed by atoms with Gasteiger partial charge in [-0.05, 0) is 54.8 Å². The van der Waals surface area contributed by atoms with Crippen molar-refractivity contribution in [3.05, 3.63) is 106 Å². The number of carbonyl (C=O) groups excluding carboxylic acids is 1. The highest BCUT2D eigenvalue weighted by Gasteiger charge is 2.41. The van der Waals surface area contributed by atoms with Crippen molar-refractivity contribution in [2.24, 2.45) is 0 Å². The first kappa shape index (κ1) is 25.4. The zero-order chi connectivity index (χ0) is 28.1. The second-order valence-corrected chi connectivity index (χ2v) is 11.0. The van der Waals surface area contributed by atoms with Gasteiger partial charge < -0.3 is 9.88 Å². The molecular weight excluding hydrogens is 561 g/mol. The second kappa shape index (κ2) is 9.83. The van der Waals surface area contributed by atoms with Crippen molar-refractivity contribution in [1.29, 1.82) is 0 Å². The van der Waals surface area contributed by atoms with E-state index in [0.29, 0.717) is 30.9 Å². The lowest BCUT2D eigenvalue weighted by molar-refractivity contribution is 0.0868. The van der Waals surface area contributed by atoms with Gasteiger partial charge in [-0.1, -0.05) is 65.2 Å². The topological polar surface area (TPSA) is 119 Å². The largest absolute Gasteiger partial charge is 0.341 e. The van der Waals surface area contributed by atoms with Gasteiger partial charge in [-0.3, -0.25) is 9.36 Å². The second-order valence-electron chi connectivity index (χ2n) is 10.2. The summed E-state index contributed by atoms with van der Waals surface area (Å²) in [6.45, 7) is 2.55. The third kappa shape index (κ3) is 4.27. The predicted octanol–water partition coefficient (Wildman–Crippen LogP) is 5.29. The lowest BCUT2D eigenvalue weighted by Crippen LogP contribution is -2.51. The average molecular weight is 584 g/mol. The number of carbonyl (C=O) groups is 1. The standard InChI is InChI=1S/C29H23Cl2N9O/c1-17-7-8-23-20(11-17)25(27-35-37-38-36-27)24-9-10-29(14-40(23)24,18-5-3-2-4-6-18)34-28(41)26-21(30)12-19(13-22(26)31)39-15-32-33-16-39/h2-8,11-13,15-16H,9-10,14H2,1H3,(H,34,41)(H,35,36,37,38)/t29-/m1/s1. The number of fused-ring (bicyclic) bond motifs is 3.